The van der Waals surface area contributed by atoms with Gasteiger partial charge in [0.25, 0.3) is 5.91 Å². The van der Waals surface area contributed by atoms with E-state index in [0.29, 0.717) is 11.4 Å². The molecule has 1 aromatic carbocycles. The number of amides is 1. The molecule has 2 rings (SSSR count). The topological polar surface area (TPSA) is 67.2 Å². The van der Waals surface area contributed by atoms with E-state index in [1.165, 1.54) is 0 Å². The molecule has 2 N–H and O–H groups in total. The van der Waals surface area contributed by atoms with E-state index in [9.17, 15) is 4.79 Å². The number of aryl methyl sites for hydroxylation is 1. The standard InChI is InChI=1S/C14H17N3O2/c1-3-8-15-12-6-4-11(5-7-12)14(18)16-13-9-10(2)17-19-13/h4-7,9,15H,3,8H2,1-2H3,(H,16,18). The van der Waals surface area contributed by atoms with Crippen LogP contribution in [0.1, 0.15) is 29.4 Å². The Labute approximate surface area is 112 Å². The third kappa shape index (κ3) is 3.58. The first-order valence-corrected chi connectivity index (χ1v) is 6.27. The molecule has 19 heavy (non-hydrogen) atoms. The van der Waals surface area contributed by atoms with Gasteiger partial charge in [0.2, 0.25) is 5.88 Å². The first-order valence-electron chi connectivity index (χ1n) is 6.27. The van der Waals surface area contributed by atoms with Crippen LogP contribution in [0.15, 0.2) is 34.9 Å². The molecule has 0 aliphatic rings. The van der Waals surface area contributed by atoms with Crippen molar-refractivity contribution in [3.05, 3.63) is 41.6 Å². The van der Waals surface area contributed by atoms with Crippen molar-refractivity contribution >= 4 is 17.5 Å². The number of hydrogen-bond acceptors (Lipinski definition) is 4. The highest BCUT2D eigenvalue weighted by atomic mass is 16.5. The second-order valence-corrected chi connectivity index (χ2v) is 4.29. The highest BCUT2D eigenvalue weighted by molar-refractivity contribution is 6.03. The van der Waals surface area contributed by atoms with Gasteiger partial charge in [-0.25, -0.2) is 0 Å². The van der Waals surface area contributed by atoms with E-state index in [1.54, 1.807) is 25.1 Å². The maximum atomic E-state index is 11.9. The molecule has 0 saturated carbocycles. The lowest BCUT2D eigenvalue weighted by Gasteiger charge is -2.05. The number of benzene rings is 1. The third-order valence-corrected chi connectivity index (χ3v) is 2.59. The van der Waals surface area contributed by atoms with Crippen LogP contribution in [-0.2, 0) is 0 Å². The average molecular weight is 259 g/mol. The zero-order valence-corrected chi connectivity index (χ0v) is 11.1. The van der Waals surface area contributed by atoms with E-state index in [0.717, 1.165) is 24.3 Å². The largest absolute Gasteiger partial charge is 0.385 e. The Hall–Kier alpha value is -2.30. The maximum Gasteiger partial charge on any atom is 0.258 e. The van der Waals surface area contributed by atoms with Gasteiger partial charge in [0.05, 0.1) is 5.69 Å². The Kier molecular flexibility index (Phi) is 4.18. The van der Waals surface area contributed by atoms with Gasteiger partial charge in [0, 0.05) is 23.9 Å². The molecule has 0 radical (unpaired) electrons. The van der Waals surface area contributed by atoms with Gasteiger partial charge in [-0.3, -0.25) is 10.1 Å². The van der Waals surface area contributed by atoms with Crippen molar-refractivity contribution in [3.8, 4) is 0 Å². The first-order chi connectivity index (χ1) is 9.19. The minimum absolute atomic E-state index is 0.210. The summed E-state index contributed by atoms with van der Waals surface area (Å²) in [5.74, 6) is 0.147. The highest BCUT2D eigenvalue weighted by Crippen LogP contribution is 2.13. The van der Waals surface area contributed by atoms with Crippen molar-refractivity contribution in [1.82, 2.24) is 5.16 Å². The van der Waals surface area contributed by atoms with Gasteiger partial charge in [0.15, 0.2) is 0 Å². The van der Waals surface area contributed by atoms with Crippen LogP contribution in [0.25, 0.3) is 0 Å². The quantitative estimate of drug-likeness (QED) is 0.866. The fourth-order valence-corrected chi connectivity index (χ4v) is 1.62. The average Bonchev–Trinajstić information content (AvgIpc) is 2.82. The summed E-state index contributed by atoms with van der Waals surface area (Å²) in [5, 5.41) is 9.62. The molecular weight excluding hydrogens is 242 g/mol. The van der Waals surface area contributed by atoms with Crippen LogP contribution in [0.3, 0.4) is 0 Å². The molecule has 100 valence electrons. The van der Waals surface area contributed by atoms with Crippen LogP contribution in [0.2, 0.25) is 0 Å². The van der Waals surface area contributed by atoms with Crippen LogP contribution < -0.4 is 10.6 Å². The minimum atomic E-state index is -0.210. The van der Waals surface area contributed by atoms with E-state index < -0.39 is 0 Å². The van der Waals surface area contributed by atoms with Gasteiger partial charge in [0.1, 0.15) is 0 Å². The maximum absolute atomic E-state index is 11.9. The Balaban J connectivity index is 1.99. The van der Waals surface area contributed by atoms with Gasteiger partial charge < -0.3 is 9.84 Å². The van der Waals surface area contributed by atoms with Crippen molar-refractivity contribution in [2.75, 3.05) is 17.2 Å². The summed E-state index contributed by atoms with van der Waals surface area (Å²) >= 11 is 0. The van der Waals surface area contributed by atoms with Crippen molar-refractivity contribution in [1.29, 1.82) is 0 Å². The lowest BCUT2D eigenvalue weighted by molar-refractivity contribution is 0.102. The van der Waals surface area contributed by atoms with E-state index >= 15 is 0 Å². The molecule has 0 saturated heterocycles. The summed E-state index contributed by atoms with van der Waals surface area (Å²) in [6.07, 6.45) is 1.06. The lowest BCUT2D eigenvalue weighted by Crippen LogP contribution is -2.11. The number of hydrogen-bond donors (Lipinski definition) is 2. The Morgan fingerprint density at radius 3 is 2.63 bits per heavy atom. The monoisotopic (exact) mass is 259 g/mol. The lowest BCUT2D eigenvalue weighted by atomic mass is 10.2. The molecule has 0 bridgehead atoms. The van der Waals surface area contributed by atoms with Crippen LogP contribution in [-0.4, -0.2) is 17.6 Å². The molecule has 0 spiro atoms. The van der Waals surface area contributed by atoms with Crippen molar-refractivity contribution in [2.24, 2.45) is 0 Å². The number of anilines is 2. The summed E-state index contributed by atoms with van der Waals surface area (Å²) in [4.78, 5) is 11.9. The molecule has 5 nitrogen and oxygen atoms in total. The van der Waals surface area contributed by atoms with Crippen molar-refractivity contribution < 1.29 is 9.32 Å². The zero-order valence-electron chi connectivity index (χ0n) is 11.1. The Bertz CT molecular complexity index is 546. The molecule has 0 aliphatic heterocycles. The normalized spacial score (nSPS) is 10.2. The number of aromatic nitrogens is 1. The van der Waals surface area contributed by atoms with E-state index in [2.05, 4.69) is 22.7 Å². The van der Waals surface area contributed by atoms with Crippen molar-refractivity contribution in [2.45, 2.75) is 20.3 Å². The predicted octanol–water partition coefficient (Wildman–Crippen LogP) is 3.06. The number of rotatable bonds is 5. The number of carbonyl (C=O) groups is 1. The molecule has 1 aromatic heterocycles. The van der Waals surface area contributed by atoms with Crippen molar-refractivity contribution in [3.63, 3.8) is 0 Å². The van der Waals surface area contributed by atoms with Gasteiger partial charge >= 0.3 is 0 Å². The van der Waals surface area contributed by atoms with Gasteiger partial charge in [-0.15, -0.1) is 0 Å². The number of carbonyl (C=O) groups excluding carboxylic acids is 1. The van der Waals surface area contributed by atoms with E-state index in [-0.39, 0.29) is 5.91 Å². The van der Waals surface area contributed by atoms with Crippen LogP contribution in [0, 0.1) is 6.92 Å². The Morgan fingerprint density at radius 2 is 2.05 bits per heavy atom. The van der Waals surface area contributed by atoms with E-state index in [1.807, 2.05) is 12.1 Å². The molecule has 1 amide bonds. The summed E-state index contributed by atoms with van der Waals surface area (Å²) in [6.45, 7) is 4.82. The van der Waals surface area contributed by atoms with Gasteiger partial charge in [-0.05, 0) is 37.6 Å². The summed E-state index contributed by atoms with van der Waals surface area (Å²) in [7, 11) is 0. The van der Waals surface area contributed by atoms with Gasteiger partial charge in [-0.2, -0.15) is 0 Å². The SMILES string of the molecule is CCCNc1ccc(C(=O)Nc2cc(C)no2)cc1. The molecule has 0 unspecified atom stereocenters. The molecule has 0 fully saturated rings. The summed E-state index contributed by atoms with van der Waals surface area (Å²) in [6, 6.07) is 8.99. The van der Waals surface area contributed by atoms with Gasteiger partial charge in [-0.1, -0.05) is 12.1 Å². The molecule has 0 aliphatic carbocycles. The fraction of sp³-hybridized carbons (Fsp3) is 0.286. The Morgan fingerprint density at radius 1 is 1.32 bits per heavy atom. The third-order valence-electron chi connectivity index (χ3n) is 2.59. The molecule has 0 atom stereocenters. The second-order valence-electron chi connectivity index (χ2n) is 4.29. The van der Waals surface area contributed by atoms with Crippen LogP contribution >= 0.6 is 0 Å². The fourth-order valence-electron chi connectivity index (χ4n) is 1.62. The minimum Gasteiger partial charge on any atom is -0.385 e. The summed E-state index contributed by atoms with van der Waals surface area (Å²) in [5.41, 5.74) is 2.32. The number of nitrogens with zero attached hydrogens (tertiary/aromatic N) is 1. The smallest absolute Gasteiger partial charge is 0.258 e. The van der Waals surface area contributed by atoms with E-state index in [4.69, 9.17) is 4.52 Å². The highest BCUT2D eigenvalue weighted by Gasteiger charge is 2.08. The first kappa shape index (κ1) is 13.1. The summed E-state index contributed by atoms with van der Waals surface area (Å²) < 4.78 is 4.94. The molecule has 5 heteroatoms. The molecule has 2 aromatic rings. The zero-order chi connectivity index (χ0) is 13.7. The molecule has 1 heterocycles. The molecular formula is C14H17N3O2. The number of nitrogens with one attached hydrogen (secondary N) is 2. The van der Waals surface area contributed by atoms with Crippen LogP contribution in [0.4, 0.5) is 11.6 Å². The van der Waals surface area contributed by atoms with Crippen LogP contribution in [0.5, 0.6) is 0 Å². The predicted molar refractivity (Wildman–Crippen MR) is 74.4 cm³/mol. The second kappa shape index (κ2) is 6.04.